The van der Waals surface area contributed by atoms with Crippen LogP contribution in [0.3, 0.4) is 0 Å². The lowest BCUT2D eigenvalue weighted by Crippen LogP contribution is -1.98. The van der Waals surface area contributed by atoms with Gasteiger partial charge in [-0.15, -0.1) is 0 Å². The Kier molecular flexibility index (Phi) is 3.86. The summed E-state index contributed by atoms with van der Waals surface area (Å²) in [6.07, 6.45) is 1.20. The monoisotopic (exact) mass is 361 g/mol. The molecule has 0 spiro atoms. The Morgan fingerprint density at radius 3 is 2.71 bits per heavy atom. The molecule has 0 amide bonds. The molecule has 0 saturated heterocycles. The summed E-state index contributed by atoms with van der Waals surface area (Å²) in [6.45, 7) is 0. The molecule has 1 aromatic heterocycles. The van der Waals surface area contributed by atoms with Crippen LogP contribution in [-0.2, 0) is 0 Å². The van der Waals surface area contributed by atoms with Crippen LogP contribution in [0.25, 0.3) is 22.2 Å². The van der Waals surface area contributed by atoms with E-state index < -0.39 is 0 Å². The SMILES string of the molecule is O/N=C/c1nc(-c2ccccc2Cl)c2cc(Br)ccc2n1. The van der Waals surface area contributed by atoms with Gasteiger partial charge in [0.05, 0.1) is 11.2 Å². The molecule has 3 rings (SSSR count). The Balaban J connectivity index is 2.38. The molecule has 1 heterocycles. The third-order valence-electron chi connectivity index (χ3n) is 2.98. The number of aromatic nitrogens is 2. The van der Waals surface area contributed by atoms with Crippen LogP contribution in [0.4, 0.5) is 0 Å². The van der Waals surface area contributed by atoms with Gasteiger partial charge >= 0.3 is 0 Å². The molecule has 104 valence electrons. The van der Waals surface area contributed by atoms with E-state index in [-0.39, 0.29) is 0 Å². The first-order valence-electron chi connectivity index (χ1n) is 6.08. The minimum Gasteiger partial charge on any atom is -0.411 e. The topological polar surface area (TPSA) is 58.4 Å². The van der Waals surface area contributed by atoms with E-state index in [1.807, 2.05) is 42.5 Å². The zero-order valence-electron chi connectivity index (χ0n) is 10.7. The van der Waals surface area contributed by atoms with E-state index in [4.69, 9.17) is 16.8 Å². The summed E-state index contributed by atoms with van der Waals surface area (Å²) in [5, 5.41) is 13.2. The van der Waals surface area contributed by atoms with E-state index >= 15 is 0 Å². The normalized spacial score (nSPS) is 11.3. The smallest absolute Gasteiger partial charge is 0.175 e. The highest BCUT2D eigenvalue weighted by atomic mass is 79.9. The lowest BCUT2D eigenvalue weighted by molar-refractivity contribution is 0.321. The molecule has 0 fully saturated rings. The van der Waals surface area contributed by atoms with Gasteiger partial charge < -0.3 is 5.21 Å². The van der Waals surface area contributed by atoms with E-state index in [1.165, 1.54) is 6.21 Å². The van der Waals surface area contributed by atoms with Gasteiger partial charge in [-0.1, -0.05) is 50.9 Å². The molecule has 0 unspecified atom stereocenters. The molecule has 0 aliphatic rings. The van der Waals surface area contributed by atoms with Crippen LogP contribution in [0.5, 0.6) is 0 Å². The van der Waals surface area contributed by atoms with Crippen LogP contribution >= 0.6 is 27.5 Å². The number of nitrogens with zero attached hydrogens (tertiary/aromatic N) is 3. The van der Waals surface area contributed by atoms with Crippen LogP contribution < -0.4 is 0 Å². The minimum atomic E-state index is 0.322. The summed E-state index contributed by atoms with van der Waals surface area (Å²) in [7, 11) is 0. The lowest BCUT2D eigenvalue weighted by atomic mass is 10.1. The fraction of sp³-hybridized carbons (Fsp3) is 0. The van der Waals surface area contributed by atoms with E-state index in [0.29, 0.717) is 16.5 Å². The highest BCUT2D eigenvalue weighted by Crippen LogP contribution is 2.32. The number of oxime groups is 1. The van der Waals surface area contributed by atoms with Crippen molar-refractivity contribution in [1.29, 1.82) is 0 Å². The molecule has 0 saturated carbocycles. The first-order chi connectivity index (χ1) is 10.2. The average molecular weight is 363 g/mol. The summed E-state index contributed by atoms with van der Waals surface area (Å²) < 4.78 is 0.926. The van der Waals surface area contributed by atoms with E-state index in [9.17, 15) is 0 Å². The van der Waals surface area contributed by atoms with Crippen molar-refractivity contribution < 1.29 is 5.21 Å². The molecule has 6 heteroatoms. The van der Waals surface area contributed by atoms with E-state index in [2.05, 4.69) is 31.1 Å². The summed E-state index contributed by atoms with van der Waals surface area (Å²) in [5.74, 6) is 0.322. The summed E-state index contributed by atoms with van der Waals surface area (Å²) in [6, 6.07) is 13.2. The molecule has 0 atom stereocenters. The Hall–Kier alpha value is -1.98. The molecule has 3 aromatic rings. The van der Waals surface area contributed by atoms with Crippen molar-refractivity contribution in [3.63, 3.8) is 0 Å². The van der Waals surface area contributed by atoms with Crippen molar-refractivity contribution in [2.75, 3.05) is 0 Å². The average Bonchev–Trinajstić information content (AvgIpc) is 2.48. The Bertz CT molecular complexity index is 851. The number of halogens is 2. The molecular formula is C15H9BrClN3O. The first kappa shape index (κ1) is 14.0. The quantitative estimate of drug-likeness (QED) is 0.414. The number of hydrogen-bond acceptors (Lipinski definition) is 4. The second kappa shape index (κ2) is 5.79. The minimum absolute atomic E-state index is 0.322. The summed E-state index contributed by atoms with van der Waals surface area (Å²) in [4.78, 5) is 8.77. The van der Waals surface area contributed by atoms with Crippen LogP contribution in [-0.4, -0.2) is 21.4 Å². The molecule has 21 heavy (non-hydrogen) atoms. The summed E-state index contributed by atoms with van der Waals surface area (Å²) in [5.41, 5.74) is 2.25. The Morgan fingerprint density at radius 2 is 1.95 bits per heavy atom. The highest BCUT2D eigenvalue weighted by molar-refractivity contribution is 9.10. The number of fused-ring (bicyclic) bond motifs is 1. The molecule has 0 bridgehead atoms. The second-order valence-corrected chi connectivity index (χ2v) is 5.64. The molecule has 0 aliphatic carbocycles. The Morgan fingerprint density at radius 1 is 1.14 bits per heavy atom. The van der Waals surface area contributed by atoms with Gasteiger partial charge in [-0.05, 0) is 24.3 Å². The predicted octanol–water partition coefficient (Wildman–Crippen LogP) is 4.52. The maximum absolute atomic E-state index is 8.71. The van der Waals surface area contributed by atoms with Crippen LogP contribution in [0.1, 0.15) is 5.82 Å². The molecule has 1 N–H and O–H groups in total. The van der Waals surface area contributed by atoms with Crippen molar-refractivity contribution in [2.24, 2.45) is 5.16 Å². The second-order valence-electron chi connectivity index (χ2n) is 4.32. The number of hydrogen-bond donors (Lipinski definition) is 1. The van der Waals surface area contributed by atoms with Gasteiger partial charge in [0.2, 0.25) is 0 Å². The summed E-state index contributed by atoms with van der Waals surface area (Å²) >= 11 is 9.73. The largest absolute Gasteiger partial charge is 0.411 e. The third kappa shape index (κ3) is 2.75. The third-order valence-corrected chi connectivity index (χ3v) is 3.80. The van der Waals surface area contributed by atoms with Gasteiger partial charge in [-0.2, -0.15) is 0 Å². The fourth-order valence-electron chi connectivity index (χ4n) is 2.09. The van der Waals surface area contributed by atoms with Gasteiger partial charge in [-0.3, -0.25) is 0 Å². The Labute approximate surface area is 134 Å². The number of rotatable bonds is 2. The van der Waals surface area contributed by atoms with Crippen LogP contribution in [0.2, 0.25) is 5.02 Å². The molecule has 4 nitrogen and oxygen atoms in total. The molecular weight excluding hydrogens is 354 g/mol. The van der Waals surface area contributed by atoms with Crippen molar-refractivity contribution in [1.82, 2.24) is 9.97 Å². The number of benzene rings is 2. The fourth-order valence-corrected chi connectivity index (χ4v) is 2.67. The molecule has 2 aromatic carbocycles. The molecule has 0 aliphatic heterocycles. The molecule has 0 radical (unpaired) electrons. The standard InChI is InChI=1S/C15H9BrClN3O/c16-9-5-6-13-11(7-9)15(20-14(19-13)8-18-21)10-3-1-2-4-12(10)17/h1-8,21H/b18-8+. The maximum Gasteiger partial charge on any atom is 0.175 e. The van der Waals surface area contributed by atoms with Crippen LogP contribution in [0.15, 0.2) is 52.1 Å². The van der Waals surface area contributed by atoms with Crippen molar-refractivity contribution in [3.8, 4) is 11.3 Å². The predicted molar refractivity (Wildman–Crippen MR) is 87.1 cm³/mol. The lowest BCUT2D eigenvalue weighted by Gasteiger charge is -2.09. The highest BCUT2D eigenvalue weighted by Gasteiger charge is 2.12. The van der Waals surface area contributed by atoms with Crippen LogP contribution in [0, 0.1) is 0 Å². The van der Waals surface area contributed by atoms with Crippen molar-refractivity contribution in [2.45, 2.75) is 0 Å². The van der Waals surface area contributed by atoms with Gasteiger partial charge in [0.15, 0.2) is 5.82 Å². The van der Waals surface area contributed by atoms with Gasteiger partial charge in [0.1, 0.15) is 6.21 Å². The first-order valence-corrected chi connectivity index (χ1v) is 7.26. The zero-order valence-corrected chi connectivity index (χ0v) is 13.0. The maximum atomic E-state index is 8.71. The van der Waals surface area contributed by atoms with Gasteiger partial charge in [-0.25, -0.2) is 9.97 Å². The van der Waals surface area contributed by atoms with Gasteiger partial charge in [0, 0.05) is 20.4 Å². The van der Waals surface area contributed by atoms with E-state index in [0.717, 1.165) is 20.9 Å². The van der Waals surface area contributed by atoms with Crippen molar-refractivity contribution in [3.05, 3.63) is 57.8 Å². The van der Waals surface area contributed by atoms with Crippen molar-refractivity contribution >= 4 is 44.6 Å². The van der Waals surface area contributed by atoms with E-state index in [1.54, 1.807) is 0 Å². The zero-order chi connectivity index (χ0) is 14.8. The van der Waals surface area contributed by atoms with Gasteiger partial charge in [0.25, 0.3) is 0 Å².